The number of halogens is 1. The highest BCUT2D eigenvalue weighted by Gasteiger charge is 2.50. The molecule has 0 spiro atoms. The summed E-state index contributed by atoms with van der Waals surface area (Å²) in [7, 11) is -0.146. The molecule has 0 aromatic heterocycles. The number of benzene rings is 1. The van der Waals surface area contributed by atoms with Crippen molar-refractivity contribution in [1.29, 1.82) is 0 Å². The third-order valence-electron chi connectivity index (χ3n) is 5.02. The molecule has 1 aromatic carbocycles. The third kappa shape index (κ3) is 3.97. The number of nitrogens with zero attached hydrogens (tertiary/aromatic N) is 2. The molecular weight excluding hydrogens is 424 g/mol. The fourth-order valence-corrected chi connectivity index (χ4v) is 7.41. The lowest BCUT2D eigenvalue weighted by Crippen LogP contribution is -2.38. The Balaban J connectivity index is 2.11. The maximum Gasteiger partial charge on any atom is 0.250 e. The molecule has 10 heteroatoms. The highest BCUT2D eigenvalue weighted by Crippen LogP contribution is 2.46. The van der Waals surface area contributed by atoms with Gasteiger partial charge in [-0.1, -0.05) is 37.2 Å². The number of ether oxygens (including phenoxy) is 2. The number of fused-ring (bicyclic) bond motifs is 1. The average Bonchev–Trinajstić information content (AvgIpc) is 3.11. The molecule has 0 bridgehead atoms. The van der Waals surface area contributed by atoms with Crippen LogP contribution in [0.2, 0.25) is 5.02 Å². The third-order valence-corrected chi connectivity index (χ3v) is 8.52. The van der Waals surface area contributed by atoms with Crippen LogP contribution in [0.5, 0.6) is 11.5 Å². The number of hydrogen-bond donors (Lipinski definition) is 0. The Bertz CT molecular complexity index is 919. The zero-order valence-electron chi connectivity index (χ0n) is 16.1. The minimum atomic E-state index is -3.16. The first-order chi connectivity index (χ1) is 13.2. The zero-order chi connectivity index (χ0) is 20.6. The SMILES string of the molecule is CC[C@@H](C)C(=O)N=C1S[C@H]2CS(=O)(=O)C[C@@H]2N1c1cc(Cl)c(OC)cc1OC. The lowest BCUT2D eigenvalue weighted by Gasteiger charge is -2.27. The molecule has 0 aliphatic carbocycles. The number of amidine groups is 1. The molecular formula is C18H23ClN2O5S2. The smallest absolute Gasteiger partial charge is 0.250 e. The van der Waals surface area contributed by atoms with Crippen LogP contribution in [0.4, 0.5) is 5.69 Å². The van der Waals surface area contributed by atoms with Gasteiger partial charge >= 0.3 is 0 Å². The molecule has 2 aliphatic rings. The Labute approximate surface area is 174 Å². The molecule has 7 nitrogen and oxygen atoms in total. The van der Waals surface area contributed by atoms with Crippen molar-refractivity contribution in [2.45, 2.75) is 31.6 Å². The molecule has 2 fully saturated rings. The van der Waals surface area contributed by atoms with E-state index in [0.717, 1.165) is 0 Å². The number of aliphatic imine (C=N–C) groups is 1. The first-order valence-electron chi connectivity index (χ1n) is 8.91. The van der Waals surface area contributed by atoms with Crippen molar-refractivity contribution in [3.63, 3.8) is 0 Å². The molecule has 1 aromatic rings. The van der Waals surface area contributed by atoms with E-state index in [9.17, 15) is 13.2 Å². The van der Waals surface area contributed by atoms with E-state index < -0.39 is 9.84 Å². The van der Waals surface area contributed by atoms with Crippen molar-refractivity contribution >= 4 is 50.0 Å². The largest absolute Gasteiger partial charge is 0.495 e. The number of hydrogen-bond acceptors (Lipinski definition) is 6. The van der Waals surface area contributed by atoms with Crippen molar-refractivity contribution in [3.05, 3.63) is 17.2 Å². The monoisotopic (exact) mass is 446 g/mol. The molecule has 2 heterocycles. The molecule has 154 valence electrons. The lowest BCUT2D eigenvalue weighted by atomic mass is 10.1. The van der Waals surface area contributed by atoms with E-state index in [1.165, 1.54) is 26.0 Å². The minimum Gasteiger partial charge on any atom is -0.495 e. The quantitative estimate of drug-likeness (QED) is 0.687. The van der Waals surface area contributed by atoms with Crippen molar-refractivity contribution in [3.8, 4) is 11.5 Å². The summed E-state index contributed by atoms with van der Waals surface area (Å²) >= 11 is 7.65. The van der Waals surface area contributed by atoms with E-state index in [1.807, 2.05) is 13.8 Å². The number of rotatable bonds is 5. The standard InChI is InChI=1S/C18H23ClN2O5S2/c1-5-10(2)17(22)20-18-21(13-8-28(23,24)9-16(13)27-18)12-6-11(19)14(25-3)7-15(12)26-4/h6-7,10,13,16H,5,8-9H2,1-4H3/t10-,13+,16+/m1/s1. The zero-order valence-corrected chi connectivity index (χ0v) is 18.5. The van der Waals surface area contributed by atoms with Gasteiger partial charge in [-0.25, -0.2) is 8.42 Å². The molecule has 0 saturated carbocycles. The van der Waals surface area contributed by atoms with Gasteiger partial charge in [-0.05, 0) is 12.5 Å². The van der Waals surface area contributed by atoms with Gasteiger partial charge in [0.15, 0.2) is 15.0 Å². The predicted octanol–water partition coefficient (Wildman–Crippen LogP) is 3.00. The van der Waals surface area contributed by atoms with E-state index in [2.05, 4.69) is 4.99 Å². The molecule has 2 aliphatic heterocycles. The van der Waals surface area contributed by atoms with Crippen molar-refractivity contribution < 1.29 is 22.7 Å². The van der Waals surface area contributed by atoms with Crippen molar-refractivity contribution in [2.75, 3.05) is 30.6 Å². The van der Waals surface area contributed by atoms with Gasteiger partial charge in [0.25, 0.3) is 5.91 Å². The Morgan fingerprint density at radius 1 is 1.32 bits per heavy atom. The van der Waals surface area contributed by atoms with Crippen LogP contribution in [0.3, 0.4) is 0 Å². The van der Waals surface area contributed by atoms with Crippen LogP contribution in [0, 0.1) is 5.92 Å². The molecule has 1 amide bonds. The molecule has 0 N–H and O–H groups in total. The summed E-state index contributed by atoms with van der Waals surface area (Å²) in [6, 6.07) is 2.97. The van der Waals surface area contributed by atoms with E-state index in [4.69, 9.17) is 21.1 Å². The number of carbonyl (C=O) groups is 1. The Hall–Kier alpha value is -1.45. The summed E-state index contributed by atoms with van der Waals surface area (Å²) < 4.78 is 35.1. The predicted molar refractivity (Wildman–Crippen MR) is 113 cm³/mol. The van der Waals surface area contributed by atoms with E-state index in [0.29, 0.717) is 33.8 Å². The highest BCUT2D eigenvalue weighted by molar-refractivity contribution is 8.16. The molecule has 3 rings (SSSR count). The van der Waals surface area contributed by atoms with Gasteiger partial charge in [-0.2, -0.15) is 4.99 Å². The first kappa shape index (κ1) is 21.3. The summed E-state index contributed by atoms with van der Waals surface area (Å²) in [5.41, 5.74) is 0.570. The maximum atomic E-state index is 12.5. The summed E-state index contributed by atoms with van der Waals surface area (Å²) in [5, 5.41) is 0.647. The fourth-order valence-electron chi connectivity index (χ4n) is 3.26. The van der Waals surface area contributed by atoms with Crippen LogP contribution in [0.15, 0.2) is 17.1 Å². The minimum absolute atomic E-state index is 0.00594. The second-order valence-corrected chi connectivity index (χ2v) is 10.6. The second kappa shape index (κ2) is 8.12. The lowest BCUT2D eigenvalue weighted by molar-refractivity contribution is -0.121. The molecule has 0 unspecified atom stereocenters. The van der Waals surface area contributed by atoms with Crippen LogP contribution >= 0.6 is 23.4 Å². The Morgan fingerprint density at radius 2 is 2.00 bits per heavy atom. The number of anilines is 1. The fraction of sp³-hybridized carbons (Fsp3) is 0.556. The molecule has 28 heavy (non-hydrogen) atoms. The molecule has 2 saturated heterocycles. The van der Waals surface area contributed by atoms with Crippen LogP contribution in [0.1, 0.15) is 20.3 Å². The number of methoxy groups -OCH3 is 2. The topological polar surface area (TPSA) is 85.3 Å². The summed E-state index contributed by atoms with van der Waals surface area (Å²) in [5.74, 6) is 0.529. The molecule has 3 atom stereocenters. The Kier molecular flexibility index (Phi) is 6.17. The van der Waals surface area contributed by atoms with E-state index >= 15 is 0 Å². The number of sulfone groups is 1. The number of thioether (sulfide) groups is 1. The van der Waals surface area contributed by atoms with Crippen molar-refractivity contribution in [1.82, 2.24) is 0 Å². The maximum absolute atomic E-state index is 12.5. The molecule has 0 radical (unpaired) electrons. The highest BCUT2D eigenvalue weighted by atomic mass is 35.5. The van der Waals surface area contributed by atoms with Gasteiger partial charge in [-0.15, -0.1) is 0 Å². The van der Waals surface area contributed by atoms with Gasteiger partial charge in [0.1, 0.15) is 11.5 Å². The number of carbonyl (C=O) groups excluding carboxylic acids is 1. The van der Waals surface area contributed by atoms with Crippen LogP contribution in [-0.2, 0) is 14.6 Å². The van der Waals surface area contributed by atoms with Crippen LogP contribution in [0.25, 0.3) is 0 Å². The van der Waals surface area contributed by atoms with Gasteiger partial charge < -0.3 is 14.4 Å². The van der Waals surface area contributed by atoms with Gasteiger partial charge in [-0.3, -0.25) is 4.79 Å². The van der Waals surface area contributed by atoms with Crippen LogP contribution in [-0.4, -0.2) is 56.5 Å². The van der Waals surface area contributed by atoms with E-state index in [-0.39, 0.29) is 34.6 Å². The summed E-state index contributed by atoms with van der Waals surface area (Å²) in [4.78, 5) is 18.6. The average molecular weight is 447 g/mol. The normalized spacial score (nSPS) is 25.6. The second-order valence-electron chi connectivity index (χ2n) is 6.87. The number of amides is 1. The van der Waals surface area contributed by atoms with E-state index in [1.54, 1.807) is 17.0 Å². The van der Waals surface area contributed by atoms with Crippen LogP contribution < -0.4 is 14.4 Å². The van der Waals surface area contributed by atoms with Gasteiger partial charge in [0.2, 0.25) is 0 Å². The summed E-state index contributed by atoms with van der Waals surface area (Å²) in [6.45, 7) is 3.75. The first-order valence-corrected chi connectivity index (χ1v) is 12.0. The van der Waals surface area contributed by atoms with Gasteiger partial charge in [0.05, 0.1) is 42.5 Å². The Morgan fingerprint density at radius 3 is 2.61 bits per heavy atom. The van der Waals surface area contributed by atoms with Gasteiger partial charge in [0, 0.05) is 17.2 Å². The van der Waals surface area contributed by atoms with Crippen molar-refractivity contribution in [2.24, 2.45) is 10.9 Å². The summed E-state index contributed by atoms with van der Waals surface area (Å²) in [6.07, 6.45) is 0.680.